The van der Waals surface area contributed by atoms with Gasteiger partial charge >= 0.3 is 12.0 Å². The van der Waals surface area contributed by atoms with Gasteiger partial charge in [-0.25, -0.2) is 9.59 Å². The second kappa shape index (κ2) is 13.8. The second-order valence-electron chi connectivity index (χ2n) is 8.83. The monoisotopic (exact) mass is 567 g/mol. The van der Waals surface area contributed by atoms with E-state index in [0.29, 0.717) is 23.2 Å². The van der Waals surface area contributed by atoms with Crippen molar-refractivity contribution in [1.82, 2.24) is 4.57 Å². The molecule has 41 heavy (non-hydrogen) atoms. The molecule has 0 aliphatic heterocycles. The maximum absolute atomic E-state index is 12.9. The van der Waals surface area contributed by atoms with Gasteiger partial charge in [0, 0.05) is 29.8 Å². The van der Waals surface area contributed by atoms with E-state index < -0.39 is 5.97 Å². The molecule has 0 saturated carbocycles. The Bertz CT molecular complexity index is 1740. The summed E-state index contributed by atoms with van der Waals surface area (Å²) in [6.07, 6.45) is 2.29. The number of amides is 2. The molecule has 0 radical (unpaired) electrons. The number of nitrogens with zero attached hydrogens (tertiary/aromatic N) is 2. The van der Waals surface area contributed by atoms with Crippen molar-refractivity contribution in [3.05, 3.63) is 110 Å². The van der Waals surface area contributed by atoms with E-state index in [-0.39, 0.29) is 28.4 Å². The summed E-state index contributed by atoms with van der Waals surface area (Å²) < 4.78 is 7.01. The lowest BCUT2D eigenvalue weighted by molar-refractivity contribution is -0.136. The zero-order valence-electron chi connectivity index (χ0n) is 22.6. The topological polar surface area (TPSA) is 125 Å². The first kappa shape index (κ1) is 28.9. The number of anilines is 3. The van der Waals surface area contributed by atoms with E-state index in [1.807, 2.05) is 84.9 Å². The van der Waals surface area contributed by atoms with Crippen molar-refractivity contribution in [1.29, 1.82) is 5.26 Å². The molecule has 4 rings (SSSR count). The fraction of sp³-hybridized carbons (Fsp3) is 0.161. The van der Waals surface area contributed by atoms with E-state index in [4.69, 9.17) is 4.74 Å². The number of nitriles is 1. The molecule has 1 aromatic heterocycles. The highest BCUT2D eigenvalue weighted by Gasteiger charge is 2.16. The van der Waals surface area contributed by atoms with E-state index in [9.17, 15) is 19.6 Å². The molecule has 4 aromatic rings. The van der Waals surface area contributed by atoms with Gasteiger partial charge in [0.2, 0.25) is 0 Å². The SMILES string of the molecule is CCOC(=O)C(C#N)=c1sc(=CNc2ccc(Cc3ccc(NC(=O)Nc4ccccc4)cc3)cc2)c(=O)n1CC. The summed E-state index contributed by atoms with van der Waals surface area (Å²) >= 11 is 1.07. The van der Waals surface area contributed by atoms with Crippen LogP contribution in [0.1, 0.15) is 25.0 Å². The lowest BCUT2D eigenvalue weighted by atomic mass is 10.0. The van der Waals surface area contributed by atoms with Gasteiger partial charge in [-0.05, 0) is 67.8 Å². The Morgan fingerprint density at radius 3 is 2.05 bits per heavy atom. The highest BCUT2D eigenvalue weighted by atomic mass is 32.1. The average molecular weight is 568 g/mol. The minimum Gasteiger partial charge on any atom is -0.462 e. The molecule has 0 atom stereocenters. The van der Waals surface area contributed by atoms with Crippen LogP contribution < -0.4 is 30.7 Å². The van der Waals surface area contributed by atoms with Gasteiger partial charge in [0.15, 0.2) is 5.57 Å². The van der Waals surface area contributed by atoms with Crippen LogP contribution in [0.2, 0.25) is 0 Å². The normalized spacial score (nSPS) is 11.8. The summed E-state index contributed by atoms with van der Waals surface area (Å²) in [5, 5.41) is 18.2. The molecular weight excluding hydrogens is 538 g/mol. The number of urea groups is 1. The smallest absolute Gasteiger partial charge is 0.351 e. The third-order valence-corrected chi connectivity index (χ3v) is 7.13. The summed E-state index contributed by atoms with van der Waals surface area (Å²) in [5.74, 6) is -0.743. The van der Waals surface area contributed by atoms with E-state index in [1.165, 1.54) is 4.57 Å². The van der Waals surface area contributed by atoms with Crippen molar-refractivity contribution in [3.63, 3.8) is 0 Å². The standard InChI is InChI=1S/C31H29N5O4S/c1-3-36-28(37)27(41-29(36)26(19-32)30(38)40-4-2)20-33-23-14-10-21(11-15-23)18-22-12-16-25(17-13-22)35-31(39)34-24-8-6-5-7-9-24/h5-17,20,33H,3-4,18H2,1-2H3,(H2,34,35,39). The molecule has 0 saturated heterocycles. The summed E-state index contributed by atoms with van der Waals surface area (Å²) in [5.41, 5.74) is 3.90. The van der Waals surface area contributed by atoms with Gasteiger partial charge in [0.1, 0.15) is 15.3 Å². The van der Waals surface area contributed by atoms with Crippen LogP contribution in [0.5, 0.6) is 0 Å². The van der Waals surface area contributed by atoms with Gasteiger partial charge in [-0.3, -0.25) is 9.36 Å². The van der Waals surface area contributed by atoms with Gasteiger partial charge in [0.05, 0.1) is 6.61 Å². The number of hydrogen-bond donors (Lipinski definition) is 3. The zero-order chi connectivity index (χ0) is 29.2. The van der Waals surface area contributed by atoms with Crippen molar-refractivity contribution >= 4 is 52.2 Å². The maximum atomic E-state index is 12.9. The molecule has 0 fully saturated rings. The number of carbonyl (C=O) groups is 2. The van der Waals surface area contributed by atoms with Gasteiger partial charge < -0.3 is 20.7 Å². The minimum atomic E-state index is -0.743. The lowest BCUT2D eigenvalue weighted by Gasteiger charge is -2.09. The molecule has 0 bridgehead atoms. The first-order valence-electron chi connectivity index (χ1n) is 13.0. The molecule has 2 amide bonds. The predicted molar refractivity (Wildman–Crippen MR) is 162 cm³/mol. The molecule has 3 aromatic carbocycles. The van der Waals surface area contributed by atoms with Crippen LogP contribution in [0, 0.1) is 11.3 Å². The number of thiazole rings is 1. The Kier molecular flexibility index (Phi) is 9.70. The predicted octanol–water partition coefficient (Wildman–Crippen LogP) is 4.25. The number of hydrogen-bond acceptors (Lipinski definition) is 7. The Morgan fingerprint density at radius 2 is 1.49 bits per heavy atom. The number of esters is 1. The van der Waals surface area contributed by atoms with Crippen LogP contribution in [0.25, 0.3) is 11.8 Å². The Hall–Kier alpha value is -5.14. The van der Waals surface area contributed by atoms with Crippen molar-refractivity contribution in [3.8, 4) is 6.07 Å². The summed E-state index contributed by atoms with van der Waals surface area (Å²) in [6.45, 7) is 3.89. The van der Waals surface area contributed by atoms with Crippen LogP contribution >= 0.6 is 11.3 Å². The van der Waals surface area contributed by atoms with Crippen molar-refractivity contribution < 1.29 is 14.3 Å². The van der Waals surface area contributed by atoms with Crippen LogP contribution in [0.15, 0.2) is 83.7 Å². The maximum Gasteiger partial charge on any atom is 0.351 e. The number of rotatable bonds is 9. The minimum absolute atomic E-state index is 0.138. The molecule has 0 aliphatic rings. The Morgan fingerprint density at radius 1 is 0.902 bits per heavy atom. The molecule has 1 heterocycles. The molecule has 0 aliphatic carbocycles. The fourth-order valence-electron chi connectivity index (χ4n) is 4.00. The zero-order valence-corrected chi connectivity index (χ0v) is 23.5. The Balaban J connectivity index is 1.41. The molecule has 10 heteroatoms. The molecule has 0 unspecified atom stereocenters. The highest BCUT2D eigenvalue weighted by Crippen LogP contribution is 2.16. The molecule has 3 N–H and O–H groups in total. The summed E-state index contributed by atoms with van der Waals surface area (Å²) in [6, 6.07) is 26.3. The number of aromatic nitrogens is 1. The first-order chi connectivity index (χ1) is 19.9. The number of ether oxygens (including phenoxy) is 1. The number of benzene rings is 3. The largest absolute Gasteiger partial charge is 0.462 e. The Labute approximate surface area is 241 Å². The van der Waals surface area contributed by atoms with E-state index >= 15 is 0 Å². The van der Waals surface area contributed by atoms with E-state index in [0.717, 1.165) is 33.8 Å². The van der Waals surface area contributed by atoms with Gasteiger partial charge in [-0.2, -0.15) is 5.26 Å². The van der Waals surface area contributed by atoms with Crippen molar-refractivity contribution in [2.75, 3.05) is 22.6 Å². The number of para-hydroxylation sites is 1. The highest BCUT2D eigenvalue weighted by molar-refractivity contribution is 7.07. The van der Waals surface area contributed by atoms with Crippen LogP contribution in [0.4, 0.5) is 21.9 Å². The lowest BCUT2D eigenvalue weighted by Crippen LogP contribution is -2.32. The second-order valence-corrected chi connectivity index (χ2v) is 9.86. The van der Waals surface area contributed by atoms with Gasteiger partial charge in [-0.1, -0.05) is 42.5 Å². The molecule has 9 nitrogen and oxygen atoms in total. The summed E-state index contributed by atoms with van der Waals surface area (Å²) in [7, 11) is 0. The summed E-state index contributed by atoms with van der Waals surface area (Å²) in [4.78, 5) is 37.3. The number of nitrogens with one attached hydrogen (secondary N) is 3. The third kappa shape index (κ3) is 7.50. The van der Waals surface area contributed by atoms with Crippen molar-refractivity contribution in [2.45, 2.75) is 26.8 Å². The molecular formula is C31H29N5O4S. The first-order valence-corrected chi connectivity index (χ1v) is 13.8. The number of carbonyl (C=O) groups excluding carboxylic acids is 2. The quantitative estimate of drug-likeness (QED) is 0.260. The molecule has 208 valence electrons. The van der Waals surface area contributed by atoms with Crippen molar-refractivity contribution in [2.24, 2.45) is 0 Å². The van der Waals surface area contributed by atoms with E-state index in [2.05, 4.69) is 16.0 Å². The molecule has 0 spiro atoms. The van der Waals surface area contributed by atoms with Gasteiger partial charge in [-0.15, -0.1) is 11.3 Å². The third-order valence-electron chi connectivity index (χ3n) is 6.00. The fourth-order valence-corrected chi connectivity index (χ4v) is 5.08. The van der Waals surface area contributed by atoms with Crippen LogP contribution in [-0.2, 0) is 22.5 Å². The van der Waals surface area contributed by atoms with E-state index in [1.54, 1.807) is 20.0 Å². The van der Waals surface area contributed by atoms with Crippen LogP contribution in [0.3, 0.4) is 0 Å². The average Bonchev–Trinajstić information content (AvgIpc) is 3.29. The van der Waals surface area contributed by atoms with Crippen LogP contribution in [-0.4, -0.2) is 23.2 Å². The van der Waals surface area contributed by atoms with Gasteiger partial charge in [0.25, 0.3) is 5.56 Å².